The number of likely N-dealkylation sites (tertiary alicyclic amines) is 1. The number of benzene rings is 1. The highest BCUT2D eigenvalue weighted by atomic mass is 16.6. The van der Waals surface area contributed by atoms with Crippen molar-refractivity contribution in [3.8, 4) is 11.5 Å². The molecule has 1 aromatic rings. The highest BCUT2D eigenvalue weighted by Crippen LogP contribution is 2.65. The lowest BCUT2D eigenvalue weighted by Crippen LogP contribution is -2.76. The largest absolute Gasteiger partial charge is 0.477 e. The summed E-state index contributed by atoms with van der Waals surface area (Å²) in [6.45, 7) is 4.19. The Labute approximate surface area is 265 Å². The van der Waals surface area contributed by atoms with Crippen LogP contribution in [0.4, 0.5) is 0 Å². The molecule has 1 N–H and O–H groups in total. The Morgan fingerprint density at radius 1 is 0.932 bits per heavy atom. The number of carbonyl (C=O) groups is 2. The predicted octanol–water partition coefficient (Wildman–Crippen LogP) is 7.99. The lowest BCUT2D eigenvalue weighted by molar-refractivity contribution is -0.188. The first kappa shape index (κ1) is 32.0. The molecule has 0 aromatic heterocycles. The van der Waals surface area contributed by atoms with Crippen molar-refractivity contribution in [1.29, 1.82) is 0 Å². The maximum atomic E-state index is 13.3. The number of rotatable bonds is 19. The molecule has 2 heterocycles. The van der Waals surface area contributed by atoms with Gasteiger partial charge in [-0.2, -0.15) is 0 Å². The van der Waals surface area contributed by atoms with Crippen LogP contribution in [0.3, 0.4) is 0 Å². The third-order valence-corrected chi connectivity index (χ3v) is 11.8. The van der Waals surface area contributed by atoms with Crippen molar-refractivity contribution in [1.82, 2.24) is 4.90 Å². The van der Waals surface area contributed by atoms with Gasteiger partial charge in [-0.15, -0.1) is 0 Å². The number of aliphatic hydroxyl groups is 1. The fraction of sp³-hybridized carbons (Fsp3) is 0.789. The fourth-order valence-corrected chi connectivity index (χ4v) is 9.15. The standard InChI is InChI=1S/C38H57NO5/c1-2-3-4-5-6-7-8-9-10-11-12-13-14-15-16-17-33(41)43-31-21-20-29-26-32-38(42)23-22-30(40)36-37(38,34(29)35(31)44-36)24-25-39(32)27-28-18-19-28/h20-21,28,32,36,42H,2-19,22-27H2,1H3/t32?,36-,37-,38+/m0/s1. The second kappa shape index (κ2) is 14.2. The SMILES string of the molecule is CCCCCCCCCCCCCCCCCC(=O)Oc1ccc2c3c1O[C@H]1C(=O)CC[C@@]4(O)C(C2)N(CC2CC2)CC[C@]314. The summed E-state index contributed by atoms with van der Waals surface area (Å²) in [7, 11) is 0. The summed E-state index contributed by atoms with van der Waals surface area (Å²) in [4.78, 5) is 28.7. The molecule has 0 radical (unpaired) electrons. The number of ether oxygens (including phenoxy) is 2. The van der Waals surface area contributed by atoms with Crippen molar-refractivity contribution in [2.24, 2.45) is 5.92 Å². The lowest BCUT2D eigenvalue weighted by atomic mass is 9.49. The molecule has 244 valence electrons. The first-order valence-electron chi connectivity index (χ1n) is 18.5. The fourth-order valence-electron chi connectivity index (χ4n) is 9.15. The second-order valence-electron chi connectivity index (χ2n) is 14.9. The first-order valence-corrected chi connectivity index (χ1v) is 18.5. The van der Waals surface area contributed by atoms with E-state index >= 15 is 0 Å². The van der Waals surface area contributed by atoms with E-state index in [-0.39, 0.29) is 17.8 Å². The van der Waals surface area contributed by atoms with E-state index in [9.17, 15) is 14.7 Å². The van der Waals surface area contributed by atoms with Crippen LogP contribution >= 0.6 is 0 Å². The third-order valence-electron chi connectivity index (χ3n) is 11.8. The Bertz CT molecular complexity index is 1160. The van der Waals surface area contributed by atoms with E-state index in [0.717, 1.165) is 49.4 Å². The minimum absolute atomic E-state index is 0.00741. The van der Waals surface area contributed by atoms with Gasteiger partial charge in [-0.05, 0) is 62.6 Å². The number of esters is 1. The van der Waals surface area contributed by atoms with Gasteiger partial charge in [0.2, 0.25) is 0 Å². The number of Topliss-reactive ketones (excluding diaryl/α,β-unsaturated/α-hetero) is 1. The van der Waals surface area contributed by atoms with Crippen molar-refractivity contribution in [3.63, 3.8) is 0 Å². The Hall–Kier alpha value is -1.92. The minimum Gasteiger partial charge on any atom is -0.477 e. The zero-order valence-electron chi connectivity index (χ0n) is 27.4. The second-order valence-corrected chi connectivity index (χ2v) is 14.9. The Balaban J connectivity index is 0.959. The van der Waals surface area contributed by atoms with Gasteiger partial charge in [0.05, 0.1) is 11.0 Å². The minimum atomic E-state index is -0.993. The number of piperidine rings is 1. The molecule has 6 rings (SSSR count). The molecule has 1 unspecified atom stereocenters. The van der Waals surface area contributed by atoms with Gasteiger partial charge in [0, 0.05) is 31.0 Å². The number of hydrogen-bond acceptors (Lipinski definition) is 6. The topological polar surface area (TPSA) is 76.1 Å². The molecule has 4 atom stereocenters. The molecule has 6 nitrogen and oxygen atoms in total. The van der Waals surface area contributed by atoms with Crippen LogP contribution in [0.25, 0.3) is 0 Å². The van der Waals surface area contributed by atoms with Crippen molar-refractivity contribution in [2.75, 3.05) is 13.1 Å². The quantitative estimate of drug-likeness (QED) is 0.0976. The number of carbonyl (C=O) groups excluding carboxylic acids is 2. The molecule has 6 heteroatoms. The van der Waals surface area contributed by atoms with Gasteiger partial charge < -0.3 is 14.6 Å². The van der Waals surface area contributed by atoms with E-state index in [1.54, 1.807) is 0 Å². The third kappa shape index (κ3) is 6.36. The monoisotopic (exact) mass is 607 g/mol. The van der Waals surface area contributed by atoms with Crippen molar-refractivity contribution < 1.29 is 24.2 Å². The van der Waals surface area contributed by atoms with Gasteiger partial charge in [0.1, 0.15) is 0 Å². The molecule has 44 heavy (non-hydrogen) atoms. The van der Waals surface area contributed by atoms with E-state index in [1.807, 2.05) is 6.07 Å². The van der Waals surface area contributed by atoms with Crippen LogP contribution in [-0.4, -0.2) is 52.6 Å². The van der Waals surface area contributed by atoms with Gasteiger partial charge in [0.25, 0.3) is 0 Å². The lowest BCUT2D eigenvalue weighted by Gasteiger charge is -2.62. The van der Waals surface area contributed by atoms with Crippen LogP contribution in [0.15, 0.2) is 12.1 Å². The molecule has 5 aliphatic rings. The summed E-state index contributed by atoms with van der Waals surface area (Å²) in [5.41, 5.74) is 0.382. The Morgan fingerprint density at radius 2 is 1.57 bits per heavy atom. The van der Waals surface area contributed by atoms with Crippen LogP contribution < -0.4 is 9.47 Å². The molecule has 2 saturated carbocycles. The van der Waals surface area contributed by atoms with Gasteiger partial charge in [-0.25, -0.2) is 0 Å². The molecule has 1 spiro atoms. The summed E-state index contributed by atoms with van der Waals surface area (Å²) >= 11 is 0. The molecule has 3 aliphatic carbocycles. The zero-order valence-corrected chi connectivity index (χ0v) is 27.4. The maximum absolute atomic E-state index is 13.3. The van der Waals surface area contributed by atoms with Crippen LogP contribution in [0, 0.1) is 5.92 Å². The number of ketones is 1. The normalized spacial score (nSPS) is 28.5. The number of hydrogen-bond donors (Lipinski definition) is 1. The summed E-state index contributed by atoms with van der Waals surface area (Å²) in [5, 5.41) is 12.4. The molecule has 1 aromatic carbocycles. The van der Waals surface area contributed by atoms with Gasteiger partial charge in [-0.1, -0.05) is 103 Å². The summed E-state index contributed by atoms with van der Waals surface area (Å²) in [6.07, 6.45) is 24.0. The number of nitrogens with zero attached hydrogens (tertiary/aromatic N) is 1. The molecule has 2 aliphatic heterocycles. The average Bonchev–Trinajstić information content (AvgIpc) is 3.76. The zero-order chi connectivity index (χ0) is 30.6. The highest BCUT2D eigenvalue weighted by Gasteiger charge is 2.73. The molecular formula is C38H57NO5. The Kier molecular flexibility index (Phi) is 10.4. The van der Waals surface area contributed by atoms with Gasteiger partial charge in [-0.3, -0.25) is 14.5 Å². The first-order chi connectivity index (χ1) is 21.5. The average molecular weight is 608 g/mol. The van der Waals surface area contributed by atoms with Crippen molar-refractivity contribution in [3.05, 3.63) is 23.3 Å². The predicted molar refractivity (Wildman–Crippen MR) is 173 cm³/mol. The van der Waals surface area contributed by atoms with E-state index in [2.05, 4.69) is 17.9 Å². The van der Waals surface area contributed by atoms with Crippen molar-refractivity contribution >= 4 is 11.8 Å². The smallest absolute Gasteiger partial charge is 0.311 e. The summed E-state index contributed by atoms with van der Waals surface area (Å²) in [5.74, 6) is 1.55. The molecule has 0 amide bonds. The van der Waals surface area contributed by atoms with Crippen LogP contribution in [0.1, 0.15) is 153 Å². The van der Waals surface area contributed by atoms with Crippen molar-refractivity contribution in [2.45, 2.75) is 171 Å². The summed E-state index contributed by atoms with van der Waals surface area (Å²) < 4.78 is 12.4. The van der Waals surface area contributed by atoms with E-state index in [1.165, 1.54) is 96.3 Å². The maximum Gasteiger partial charge on any atom is 0.311 e. The molecule has 3 fully saturated rings. The van der Waals surface area contributed by atoms with E-state index < -0.39 is 17.1 Å². The molecule has 2 bridgehead atoms. The highest BCUT2D eigenvalue weighted by molar-refractivity contribution is 5.90. The molecule has 1 saturated heterocycles. The Morgan fingerprint density at radius 3 is 2.20 bits per heavy atom. The van der Waals surface area contributed by atoms with Crippen LogP contribution in [-0.2, 0) is 21.4 Å². The summed E-state index contributed by atoms with van der Waals surface area (Å²) in [6, 6.07) is 3.94. The molecular weight excluding hydrogens is 550 g/mol. The number of unbranched alkanes of at least 4 members (excludes halogenated alkanes) is 14. The van der Waals surface area contributed by atoms with Gasteiger partial charge >= 0.3 is 5.97 Å². The van der Waals surface area contributed by atoms with E-state index in [4.69, 9.17) is 9.47 Å². The van der Waals surface area contributed by atoms with Crippen LogP contribution in [0.5, 0.6) is 11.5 Å². The van der Waals surface area contributed by atoms with Crippen LogP contribution in [0.2, 0.25) is 0 Å². The van der Waals surface area contributed by atoms with E-state index in [0.29, 0.717) is 37.2 Å². The van der Waals surface area contributed by atoms with Gasteiger partial charge in [0.15, 0.2) is 23.4 Å².